The Hall–Kier alpha value is -2.13. The van der Waals surface area contributed by atoms with Crippen LogP contribution < -0.4 is 5.73 Å². The number of halogens is 4. The summed E-state index contributed by atoms with van der Waals surface area (Å²) in [6, 6.07) is 4.80. The van der Waals surface area contributed by atoms with Crippen molar-refractivity contribution in [3.63, 3.8) is 0 Å². The van der Waals surface area contributed by atoms with Crippen LogP contribution >= 0.6 is 23.8 Å². The molecule has 0 atom stereocenters. The summed E-state index contributed by atoms with van der Waals surface area (Å²) >= 11 is 11.2. The van der Waals surface area contributed by atoms with Gasteiger partial charge in [-0.3, -0.25) is 4.57 Å². The normalized spacial score (nSPS) is 12.0. The average Bonchev–Trinajstić information content (AvgIpc) is 2.76. The molecule has 0 unspecified atom stereocenters. The number of aromatic amines is 1. The highest BCUT2D eigenvalue weighted by atomic mass is 35.5. The lowest BCUT2D eigenvalue weighted by Gasteiger charge is -2.08. The van der Waals surface area contributed by atoms with Gasteiger partial charge < -0.3 is 10.7 Å². The van der Waals surface area contributed by atoms with Gasteiger partial charge in [0.25, 0.3) is 0 Å². The van der Waals surface area contributed by atoms with Gasteiger partial charge in [-0.2, -0.15) is 23.1 Å². The molecule has 0 saturated carbocycles. The van der Waals surface area contributed by atoms with Crippen LogP contribution in [0, 0.1) is 4.77 Å². The number of fused-ring (bicyclic) bond motifs is 1. The Kier molecular flexibility index (Phi) is 3.77. The smallest absolute Gasteiger partial charge is 0.368 e. The number of rotatable bonds is 2. The van der Waals surface area contributed by atoms with Crippen LogP contribution in [0.15, 0.2) is 24.3 Å². The predicted molar refractivity (Wildman–Crippen MR) is 82.7 cm³/mol. The minimum absolute atomic E-state index is 0.0160. The number of imidazole rings is 1. The Morgan fingerprint density at radius 3 is 2.48 bits per heavy atom. The number of benzene rings is 1. The molecule has 1 aromatic carbocycles. The zero-order valence-electron chi connectivity index (χ0n) is 11.4. The fourth-order valence-corrected chi connectivity index (χ4v) is 2.61. The molecule has 2 aromatic heterocycles. The van der Waals surface area contributed by atoms with Crippen molar-refractivity contribution in [2.75, 3.05) is 5.73 Å². The van der Waals surface area contributed by atoms with E-state index >= 15 is 0 Å². The maximum Gasteiger partial charge on any atom is 0.416 e. The monoisotopic (exact) mass is 359 g/mol. The zero-order valence-corrected chi connectivity index (χ0v) is 12.9. The highest BCUT2D eigenvalue weighted by molar-refractivity contribution is 7.71. The number of hydrogen-bond donors (Lipinski definition) is 2. The Morgan fingerprint density at radius 2 is 1.87 bits per heavy atom. The van der Waals surface area contributed by atoms with E-state index in [-0.39, 0.29) is 17.6 Å². The van der Waals surface area contributed by atoms with Crippen molar-refractivity contribution >= 4 is 40.9 Å². The van der Waals surface area contributed by atoms with E-state index in [1.807, 2.05) is 0 Å². The topological polar surface area (TPSA) is 72.5 Å². The molecule has 3 aromatic rings. The van der Waals surface area contributed by atoms with Crippen molar-refractivity contribution in [2.45, 2.75) is 12.7 Å². The summed E-state index contributed by atoms with van der Waals surface area (Å²) in [7, 11) is 0. The molecule has 0 fully saturated rings. The van der Waals surface area contributed by atoms with Crippen LogP contribution in [0.25, 0.3) is 11.2 Å². The lowest BCUT2D eigenvalue weighted by atomic mass is 10.1. The first-order chi connectivity index (χ1) is 10.8. The highest BCUT2D eigenvalue weighted by Crippen LogP contribution is 2.29. The molecular formula is C13H9ClF3N5S. The maximum atomic E-state index is 12.6. The first-order valence-electron chi connectivity index (χ1n) is 6.33. The quantitative estimate of drug-likeness (QED) is 0.539. The minimum Gasteiger partial charge on any atom is -0.368 e. The van der Waals surface area contributed by atoms with Crippen molar-refractivity contribution in [1.29, 1.82) is 0 Å². The minimum atomic E-state index is -4.37. The van der Waals surface area contributed by atoms with Gasteiger partial charge in [-0.05, 0) is 29.9 Å². The number of nitrogens with one attached hydrogen (secondary N) is 1. The van der Waals surface area contributed by atoms with E-state index in [9.17, 15) is 13.2 Å². The van der Waals surface area contributed by atoms with Crippen LogP contribution in [0.4, 0.5) is 19.1 Å². The molecule has 3 N–H and O–H groups in total. The first kappa shape index (κ1) is 15.8. The van der Waals surface area contributed by atoms with Gasteiger partial charge in [-0.25, -0.2) is 0 Å². The van der Waals surface area contributed by atoms with E-state index in [0.717, 1.165) is 12.1 Å². The third-order valence-electron chi connectivity index (χ3n) is 3.22. The molecule has 120 valence electrons. The molecule has 5 nitrogen and oxygen atoms in total. The van der Waals surface area contributed by atoms with Gasteiger partial charge >= 0.3 is 6.18 Å². The molecule has 0 aliphatic carbocycles. The summed E-state index contributed by atoms with van der Waals surface area (Å²) in [4.78, 5) is 10.8. The summed E-state index contributed by atoms with van der Waals surface area (Å²) in [6.07, 6.45) is -4.37. The summed E-state index contributed by atoms with van der Waals surface area (Å²) in [6.45, 7) is 0.226. The summed E-state index contributed by atoms with van der Waals surface area (Å²) in [5, 5.41) is 0.129. The van der Waals surface area contributed by atoms with E-state index < -0.39 is 11.7 Å². The number of nitrogen functional groups attached to an aromatic ring is 1. The fraction of sp³-hybridized carbons (Fsp3) is 0.154. The van der Waals surface area contributed by atoms with Gasteiger partial charge in [-0.15, -0.1) is 0 Å². The molecule has 2 heterocycles. The number of anilines is 1. The number of nitrogens with two attached hydrogens (primary N) is 1. The number of aromatic nitrogens is 4. The summed E-state index contributed by atoms with van der Waals surface area (Å²) in [5.41, 5.74) is 6.31. The molecule has 0 aliphatic rings. The molecule has 0 amide bonds. The third-order valence-corrected chi connectivity index (χ3v) is 3.81. The highest BCUT2D eigenvalue weighted by Gasteiger charge is 2.29. The molecule has 0 spiro atoms. The molecule has 0 aliphatic heterocycles. The van der Waals surface area contributed by atoms with E-state index in [1.165, 1.54) is 12.1 Å². The van der Waals surface area contributed by atoms with Crippen molar-refractivity contribution in [1.82, 2.24) is 19.5 Å². The largest absolute Gasteiger partial charge is 0.416 e. The van der Waals surface area contributed by atoms with Crippen molar-refractivity contribution in [3.8, 4) is 0 Å². The number of nitrogens with zero attached hydrogens (tertiary/aromatic N) is 3. The molecule has 3 rings (SSSR count). The second-order valence-electron chi connectivity index (χ2n) is 4.78. The lowest BCUT2D eigenvalue weighted by molar-refractivity contribution is -0.137. The summed E-state index contributed by atoms with van der Waals surface area (Å²) in [5.74, 6) is -0.0160. The van der Waals surface area contributed by atoms with Crippen LogP contribution in [0.5, 0.6) is 0 Å². The number of H-pyrrole nitrogens is 1. The van der Waals surface area contributed by atoms with E-state index in [2.05, 4.69) is 15.0 Å². The van der Waals surface area contributed by atoms with E-state index in [0.29, 0.717) is 21.5 Å². The molecule has 10 heteroatoms. The molecule has 0 saturated heterocycles. The number of hydrogen-bond acceptors (Lipinski definition) is 4. The third kappa shape index (κ3) is 3.02. The van der Waals surface area contributed by atoms with E-state index in [4.69, 9.17) is 29.6 Å². The second kappa shape index (κ2) is 5.50. The van der Waals surface area contributed by atoms with Gasteiger partial charge in [0, 0.05) is 0 Å². The van der Waals surface area contributed by atoms with E-state index in [1.54, 1.807) is 4.57 Å². The Bertz CT molecular complexity index is 930. The van der Waals surface area contributed by atoms with Gasteiger partial charge in [0.15, 0.2) is 15.6 Å². The standard InChI is InChI=1S/C13H9ClF3N5S/c14-9-8-10(21-11(18)20-9)22(12(23)19-8)5-6-1-3-7(4-2-6)13(15,16)17/h1-4H,5H2,(H,19,23)(H2,18,20,21). The number of alkyl halides is 3. The van der Waals surface area contributed by atoms with Crippen LogP contribution in [-0.4, -0.2) is 19.5 Å². The van der Waals surface area contributed by atoms with Crippen LogP contribution in [0.1, 0.15) is 11.1 Å². The zero-order chi connectivity index (χ0) is 16.8. The van der Waals surface area contributed by atoms with Gasteiger partial charge in [-0.1, -0.05) is 23.7 Å². The van der Waals surface area contributed by atoms with Gasteiger partial charge in [0.1, 0.15) is 5.52 Å². The Morgan fingerprint density at radius 1 is 1.22 bits per heavy atom. The van der Waals surface area contributed by atoms with Gasteiger partial charge in [0.2, 0.25) is 5.95 Å². The van der Waals surface area contributed by atoms with Crippen LogP contribution in [0.3, 0.4) is 0 Å². The Balaban J connectivity index is 2.02. The van der Waals surface area contributed by atoms with Crippen molar-refractivity contribution < 1.29 is 13.2 Å². The molecule has 0 radical (unpaired) electrons. The lowest BCUT2D eigenvalue weighted by Crippen LogP contribution is -2.06. The fourth-order valence-electron chi connectivity index (χ4n) is 2.14. The van der Waals surface area contributed by atoms with Crippen LogP contribution in [0.2, 0.25) is 5.15 Å². The van der Waals surface area contributed by atoms with Gasteiger partial charge in [0.05, 0.1) is 12.1 Å². The van der Waals surface area contributed by atoms with Crippen molar-refractivity contribution in [2.24, 2.45) is 0 Å². The second-order valence-corrected chi connectivity index (χ2v) is 5.53. The summed E-state index contributed by atoms with van der Waals surface area (Å²) < 4.78 is 39.7. The first-order valence-corrected chi connectivity index (χ1v) is 7.12. The SMILES string of the molecule is Nc1nc(Cl)c2[nH]c(=S)n(Cc3ccc(C(F)(F)F)cc3)c2n1. The molecular weight excluding hydrogens is 351 g/mol. The Labute approximate surface area is 137 Å². The molecule has 0 bridgehead atoms. The maximum absolute atomic E-state index is 12.6. The average molecular weight is 360 g/mol. The predicted octanol–water partition coefficient (Wildman–Crippen LogP) is 3.79. The van der Waals surface area contributed by atoms with Crippen molar-refractivity contribution in [3.05, 3.63) is 45.3 Å². The molecule has 23 heavy (non-hydrogen) atoms. The van der Waals surface area contributed by atoms with Crippen LogP contribution in [-0.2, 0) is 12.7 Å².